The van der Waals surface area contributed by atoms with Gasteiger partial charge in [0, 0.05) is 88.8 Å². The van der Waals surface area contributed by atoms with Crippen molar-refractivity contribution in [3.63, 3.8) is 0 Å². The fourth-order valence-electron chi connectivity index (χ4n) is 2.18. The number of hydrogen-bond donors (Lipinski definition) is 2. The maximum Gasteiger partial charge on any atom is 0.306 e. The first-order chi connectivity index (χ1) is 25.9. The van der Waals surface area contributed by atoms with E-state index in [4.69, 9.17) is 43.9 Å². The van der Waals surface area contributed by atoms with Crippen molar-refractivity contribution in [3.05, 3.63) is 0 Å². The molecular weight excluding hydrogens is 372 g/mol. The standard InChI is InChI=1S/C22H40N2O5/c1-19(2)11-15(12-20(3,4)23-19)28-17(25)9-10-18(26)29-16-13-21(5,6)24(27)22(7,8)14-16/h15-16,23,27H,9-14H2,1-8H3/i1D3,2D3,3D3,4D3,5D3,7D3,9D2,10D2,11D2,12D2,13D2,14D2,15D,16D. The molecule has 0 aromatic rings. The number of hydrogen-bond acceptors (Lipinski definition) is 7. The summed E-state index contributed by atoms with van der Waals surface area (Å²) in [6, 6.07) is 0. The van der Waals surface area contributed by atoms with Gasteiger partial charge in [-0.05, 0) is 55.0 Å². The molecule has 2 fully saturated rings. The molecule has 0 spiro atoms. The molecule has 0 bridgehead atoms. The highest BCUT2D eigenvalue weighted by Crippen LogP contribution is 2.38. The van der Waals surface area contributed by atoms with Gasteiger partial charge in [0.1, 0.15) is 12.2 Å². The van der Waals surface area contributed by atoms with Crippen LogP contribution in [-0.4, -0.2) is 56.5 Å². The third kappa shape index (κ3) is 6.66. The Labute approximate surface area is 220 Å². The SMILES string of the molecule is [2H]C([2H])([2H])C1(C)N(O)C(C)(C([2H])([2H])[2H])C([2H])([2H])C([2H])(OC(=O)C([2H])([2H])C([2H])([2H])C(=O)OC2([2H])C([2H])([2H])C(C([2H])([2H])[2H])(C([2H])([2H])[2H])NC(C([2H])([2H])[2H])(C([2H])([2H])[2H])C2([2H])[2H])C1([2H])[2H]. The lowest BCUT2D eigenvalue weighted by Crippen LogP contribution is -2.60. The molecule has 2 rings (SSSR count). The lowest BCUT2D eigenvalue weighted by atomic mass is 9.80. The van der Waals surface area contributed by atoms with Crippen molar-refractivity contribution >= 4 is 11.9 Å². The topological polar surface area (TPSA) is 88.1 Å². The Morgan fingerprint density at radius 3 is 1.79 bits per heavy atom. The van der Waals surface area contributed by atoms with E-state index < -0.39 is 131 Å². The third-order valence-corrected chi connectivity index (χ3v) is 3.19. The second-order valence-electron chi connectivity index (χ2n) is 6.27. The summed E-state index contributed by atoms with van der Waals surface area (Å²) in [4.78, 5) is 27.4. The molecule has 2 N–H and O–H groups in total. The minimum Gasteiger partial charge on any atom is -0.462 e. The average molecular weight is 445 g/mol. The van der Waals surface area contributed by atoms with Crippen LogP contribution in [-0.2, 0) is 19.1 Å². The highest BCUT2D eigenvalue weighted by Gasteiger charge is 2.46. The molecule has 29 heavy (non-hydrogen) atoms. The Kier molecular flexibility index (Phi) is 1.52. The summed E-state index contributed by atoms with van der Waals surface area (Å²) < 4.78 is 272. The Hall–Kier alpha value is -1.18. The Balaban J connectivity index is 3.07. The van der Waals surface area contributed by atoms with Gasteiger partial charge in [-0.2, -0.15) is 5.06 Å². The lowest BCUT2D eigenvalue weighted by Gasteiger charge is -2.50. The van der Waals surface area contributed by atoms with Crippen LogP contribution in [0.15, 0.2) is 0 Å². The molecule has 0 aliphatic carbocycles. The number of rotatable bonds is 5. The molecule has 7 nitrogen and oxygen atoms in total. The van der Waals surface area contributed by atoms with E-state index in [0.717, 1.165) is 5.32 Å². The second kappa shape index (κ2) is 8.16. The van der Waals surface area contributed by atoms with Gasteiger partial charge in [0.05, 0.1) is 15.5 Å². The largest absolute Gasteiger partial charge is 0.462 e. The molecule has 0 saturated carbocycles. The van der Waals surface area contributed by atoms with Crippen LogP contribution in [0.4, 0.5) is 0 Å². The fraction of sp³-hybridized carbons (Fsp3) is 0.909. The third-order valence-electron chi connectivity index (χ3n) is 3.19. The van der Waals surface area contributed by atoms with Crippen LogP contribution >= 0.6 is 0 Å². The smallest absolute Gasteiger partial charge is 0.306 e. The number of piperidine rings is 2. The normalized spacial score (nSPS) is 65.6. The summed E-state index contributed by atoms with van der Waals surface area (Å²) in [6.45, 7) is -26.1. The summed E-state index contributed by atoms with van der Waals surface area (Å²) in [5.74, 6) is -6.46. The number of carbonyl (C=O) groups is 2. The molecule has 2 saturated heterocycles. The zero-order chi connectivity index (χ0) is 49.9. The summed E-state index contributed by atoms with van der Waals surface area (Å²) in [6.07, 6.45) is -39.1. The van der Waals surface area contributed by atoms with Crippen LogP contribution < -0.4 is 5.32 Å². The molecule has 2 aliphatic heterocycles. The minimum absolute atomic E-state index is 0.216. The highest BCUT2D eigenvalue weighted by molar-refractivity contribution is 5.77. The molecule has 0 amide bonds. The van der Waals surface area contributed by atoms with Crippen LogP contribution in [0.1, 0.15) is 137 Å². The van der Waals surface area contributed by atoms with Gasteiger partial charge >= 0.3 is 11.9 Å². The van der Waals surface area contributed by atoms with E-state index in [-0.39, 0.29) is 13.8 Å². The fourth-order valence-corrected chi connectivity index (χ4v) is 2.18. The van der Waals surface area contributed by atoms with Gasteiger partial charge in [-0.15, -0.1) is 0 Å². The van der Waals surface area contributed by atoms with Crippen molar-refractivity contribution in [1.82, 2.24) is 10.4 Å². The van der Waals surface area contributed by atoms with Crippen molar-refractivity contribution in [1.29, 1.82) is 0 Å². The van der Waals surface area contributed by atoms with Gasteiger partial charge in [-0.3, -0.25) is 9.59 Å². The molecule has 2 unspecified atom stereocenters. The predicted molar refractivity (Wildman–Crippen MR) is 111 cm³/mol. The van der Waals surface area contributed by atoms with Crippen molar-refractivity contribution in [3.8, 4) is 0 Å². The van der Waals surface area contributed by atoms with E-state index in [9.17, 15) is 14.8 Å². The van der Waals surface area contributed by atoms with Gasteiger partial charge in [0.2, 0.25) is 0 Å². The first kappa shape index (κ1) is 5.41. The van der Waals surface area contributed by atoms with Crippen molar-refractivity contribution < 1.29 is 68.1 Å². The van der Waals surface area contributed by atoms with E-state index >= 15 is 0 Å². The number of nitrogens with zero attached hydrogens (tertiary/aromatic N) is 1. The predicted octanol–water partition coefficient (Wildman–Crippen LogP) is 3.57. The van der Waals surface area contributed by atoms with Crippen molar-refractivity contribution in [2.45, 2.75) is 128 Å². The minimum atomic E-state index is -5.29. The zero-order valence-corrected chi connectivity index (χ0v) is 15.0. The lowest BCUT2D eigenvalue weighted by molar-refractivity contribution is -0.259. The number of ether oxygens (including phenoxy) is 2. The van der Waals surface area contributed by atoms with Crippen LogP contribution in [0.3, 0.4) is 0 Å². The number of hydroxylamine groups is 2. The van der Waals surface area contributed by atoms with Gasteiger partial charge in [0.15, 0.2) is 0 Å². The molecule has 0 aromatic heterocycles. The molecule has 168 valence electrons. The second-order valence-corrected chi connectivity index (χ2v) is 6.27. The molecular formula is C22H40N2O5. The Bertz CT molecular complexity index is 1630. The van der Waals surface area contributed by atoms with Crippen LogP contribution in [0.2, 0.25) is 0 Å². The van der Waals surface area contributed by atoms with Gasteiger partial charge < -0.3 is 20.0 Å². The summed E-state index contributed by atoms with van der Waals surface area (Å²) in [7, 11) is 0. The average Bonchev–Trinajstić information content (AvgIpc) is 2.97. The molecule has 2 atom stereocenters. The first-order valence-electron chi connectivity index (χ1n) is 23.6. The first-order valence-corrected chi connectivity index (χ1v) is 7.62. The Morgan fingerprint density at radius 1 is 1.00 bits per heavy atom. The van der Waals surface area contributed by atoms with Crippen LogP contribution in [0.25, 0.3) is 0 Å². The molecule has 7 heteroatoms. The number of nitrogens with one attached hydrogen (secondary N) is 1. The molecule has 2 heterocycles. The summed E-state index contributed by atoms with van der Waals surface area (Å²) >= 11 is 0. The van der Waals surface area contributed by atoms with Gasteiger partial charge in [-0.1, -0.05) is 0 Å². The van der Waals surface area contributed by atoms with E-state index in [1.54, 1.807) is 0 Å². The quantitative estimate of drug-likeness (QED) is 0.627. The van der Waals surface area contributed by atoms with Crippen molar-refractivity contribution in [2.75, 3.05) is 0 Å². The zero-order valence-electron chi connectivity index (χ0n) is 47.0. The van der Waals surface area contributed by atoms with Crippen LogP contribution in [0.5, 0.6) is 0 Å². The summed E-state index contributed by atoms with van der Waals surface area (Å²) in [5.41, 5.74) is -17.3. The molecule has 0 radical (unpaired) electrons. The Morgan fingerprint density at radius 2 is 1.41 bits per heavy atom. The maximum atomic E-state index is 13.8. The van der Waals surface area contributed by atoms with Gasteiger partial charge in [-0.25, -0.2) is 0 Å². The maximum absolute atomic E-state index is 13.8. The summed E-state index contributed by atoms with van der Waals surface area (Å²) in [5, 5.41) is 11.3. The monoisotopic (exact) mass is 444 g/mol. The highest BCUT2D eigenvalue weighted by atomic mass is 16.6. The van der Waals surface area contributed by atoms with E-state index in [1.165, 1.54) is 0 Å². The molecule has 0 aromatic carbocycles. The number of esters is 2. The molecule has 2 aliphatic rings. The van der Waals surface area contributed by atoms with E-state index in [2.05, 4.69) is 9.47 Å². The van der Waals surface area contributed by atoms with Crippen LogP contribution in [0, 0.1) is 0 Å². The van der Waals surface area contributed by atoms with E-state index in [0.29, 0.717) is 0 Å². The van der Waals surface area contributed by atoms with Crippen molar-refractivity contribution in [2.24, 2.45) is 0 Å². The van der Waals surface area contributed by atoms with E-state index in [1.807, 2.05) is 0 Å². The van der Waals surface area contributed by atoms with Gasteiger partial charge in [0.25, 0.3) is 0 Å². The number of carbonyl (C=O) groups excluding carboxylic acids is 2.